The molecule has 2 aromatic carbocycles. The van der Waals surface area contributed by atoms with Gasteiger partial charge in [0.1, 0.15) is 11.6 Å². The third-order valence-corrected chi connectivity index (χ3v) is 6.94. The quantitative estimate of drug-likeness (QED) is 0.171. The van der Waals surface area contributed by atoms with Gasteiger partial charge < -0.3 is 21.0 Å². The monoisotopic (exact) mass is 514 g/mol. The Morgan fingerprint density at radius 2 is 1.37 bits per heavy atom. The molecule has 7 heteroatoms. The summed E-state index contributed by atoms with van der Waals surface area (Å²) in [5, 5.41) is 5.78. The lowest BCUT2D eigenvalue weighted by Crippen LogP contribution is -2.25. The molecule has 2 aliphatic carbocycles. The summed E-state index contributed by atoms with van der Waals surface area (Å²) in [5.74, 6) is 0.195. The van der Waals surface area contributed by atoms with Gasteiger partial charge in [-0.1, -0.05) is 19.6 Å². The zero-order valence-corrected chi connectivity index (χ0v) is 21.4. The molecule has 200 valence electrons. The van der Waals surface area contributed by atoms with Crippen LogP contribution in [0.2, 0.25) is 0 Å². The van der Waals surface area contributed by atoms with Crippen molar-refractivity contribution in [2.75, 3.05) is 11.1 Å². The Hall–Kier alpha value is -4.13. The van der Waals surface area contributed by atoms with Gasteiger partial charge in [-0.3, -0.25) is 14.4 Å². The Morgan fingerprint density at radius 3 is 2.00 bits per heavy atom. The van der Waals surface area contributed by atoms with E-state index in [0.29, 0.717) is 19.3 Å². The Balaban J connectivity index is 0.000000170. The van der Waals surface area contributed by atoms with Crippen molar-refractivity contribution in [1.82, 2.24) is 9.97 Å². The number of hydrogen-bond donors (Lipinski definition) is 4. The van der Waals surface area contributed by atoms with Gasteiger partial charge in [-0.05, 0) is 80.3 Å². The fourth-order valence-electron chi connectivity index (χ4n) is 4.54. The number of carbonyl (C=O) groups excluding carboxylic acids is 3. The van der Waals surface area contributed by atoms with Gasteiger partial charge in [0.05, 0.1) is 5.92 Å². The van der Waals surface area contributed by atoms with Gasteiger partial charge in [0.15, 0.2) is 5.78 Å². The van der Waals surface area contributed by atoms with Crippen LogP contribution in [0.25, 0.3) is 21.8 Å². The molecule has 2 heterocycles. The minimum absolute atomic E-state index is 0. The minimum Gasteiger partial charge on any atom is -0.399 e. The maximum absolute atomic E-state index is 11.7. The molecule has 4 aromatic rings. The summed E-state index contributed by atoms with van der Waals surface area (Å²) >= 11 is 0. The first-order chi connectivity index (χ1) is 17.8. The van der Waals surface area contributed by atoms with Crippen molar-refractivity contribution in [2.45, 2.75) is 59.8 Å². The largest absolute Gasteiger partial charge is 0.399 e. The van der Waals surface area contributed by atoms with Gasteiger partial charge in [-0.2, -0.15) is 0 Å². The van der Waals surface area contributed by atoms with E-state index in [9.17, 15) is 14.4 Å². The number of nitrogen functional groups attached to an aromatic ring is 1. The number of hydrogen-bond acceptors (Lipinski definition) is 5. The van der Waals surface area contributed by atoms with E-state index in [-0.39, 0.29) is 30.7 Å². The van der Waals surface area contributed by atoms with Crippen LogP contribution in [0.1, 0.15) is 59.8 Å². The van der Waals surface area contributed by atoms with Crippen LogP contribution in [-0.2, 0) is 14.4 Å². The van der Waals surface area contributed by atoms with Gasteiger partial charge in [-0.25, -0.2) is 0 Å². The number of carbonyl (C=O) groups is 3. The number of rotatable bonds is 2. The number of nitrogens with two attached hydrogens (primary N) is 1. The second kappa shape index (κ2) is 12.9. The molecule has 0 unspecified atom stereocenters. The van der Waals surface area contributed by atoms with E-state index in [2.05, 4.69) is 33.5 Å². The predicted molar refractivity (Wildman–Crippen MR) is 156 cm³/mol. The number of Topliss-reactive ketones (excluding diaryl/α,β-unsaturated/α-hetero) is 3. The molecule has 5 N–H and O–H groups in total. The molecule has 6 rings (SSSR count). The first kappa shape index (κ1) is 28.4. The van der Waals surface area contributed by atoms with Crippen LogP contribution in [0.3, 0.4) is 0 Å². The van der Waals surface area contributed by atoms with E-state index < -0.39 is 0 Å². The molecule has 38 heavy (non-hydrogen) atoms. The number of aromatic amines is 2. The van der Waals surface area contributed by atoms with Crippen molar-refractivity contribution >= 4 is 50.5 Å². The number of benzene rings is 2. The van der Waals surface area contributed by atoms with Crippen LogP contribution in [-0.4, -0.2) is 27.3 Å². The Bertz CT molecular complexity index is 1440. The van der Waals surface area contributed by atoms with Gasteiger partial charge in [0.2, 0.25) is 0 Å². The van der Waals surface area contributed by atoms with Crippen molar-refractivity contribution < 1.29 is 14.4 Å². The number of anilines is 2. The van der Waals surface area contributed by atoms with Crippen LogP contribution in [0, 0.1) is 5.92 Å². The molecule has 0 bridgehead atoms. The van der Waals surface area contributed by atoms with Gasteiger partial charge in [-0.15, -0.1) is 0 Å². The Labute approximate surface area is 223 Å². The summed E-state index contributed by atoms with van der Waals surface area (Å²) in [7, 11) is 0. The number of nitrogens with one attached hydrogen (secondary N) is 3. The number of aromatic nitrogens is 2. The average molecular weight is 515 g/mol. The van der Waals surface area contributed by atoms with Crippen molar-refractivity contribution in [3.8, 4) is 0 Å². The van der Waals surface area contributed by atoms with Gasteiger partial charge in [0, 0.05) is 65.3 Å². The average Bonchev–Trinajstić information content (AvgIpc) is 3.55. The minimum atomic E-state index is -0.307. The molecule has 2 aromatic heterocycles. The molecule has 1 fully saturated rings. The van der Waals surface area contributed by atoms with E-state index in [1.165, 1.54) is 10.8 Å². The number of ketones is 3. The third kappa shape index (κ3) is 7.00. The SMILES string of the molecule is C.CC1=C(Nc2ccc3cc[nH]c3c2)CCCC1=O.CC1C(=O)CCCC1=O.Nc1ccc2cc[nH]c2c1. The van der Waals surface area contributed by atoms with Crippen LogP contribution in [0.4, 0.5) is 11.4 Å². The highest BCUT2D eigenvalue weighted by Crippen LogP contribution is 2.25. The zero-order valence-electron chi connectivity index (χ0n) is 21.4. The van der Waals surface area contributed by atoms with E-state index in [0.717, 1.165) is 52.9 Å². The van der Waals surface area contributed by atoms with Gasteiger partial charge in [0.25, 0.3) is 0 Å². The topological polar surface area (TPSA) is 121 Å². The highest BCUT2D eigenvalue weighted by atomic mass is 16.2. The second-order valence-corrected chi connectivity index (χ2v) is 9.62. The fraction of sp³-hybridized carbons (Fsp3) is 0.323. The molecule has 0 saturated heterocycles. The molecular weight excluding hydrogens is 476 g/mol. The molecule has 1 saturated carbocycles. The summed E-state index contributed by atoms with van der Waals surface area (Å²) in [5.41, 5.74) is 11.6. The summed E-state index contributed by atoms with van der Waals surface area (Å²) in [6.45, 7) is 3.61. The standard InChI is InChI=1S/C15H16N2O.C8H8N2.C7H10O2.CH4/c1-10-13(3-2-4-15(10)18)17-12-6-5-11-7-8-16-14(11)9-12;9-7-2-1-6-3-4-10-8(6)5-7;1-5-6(8)3-2-4-7(5)9;/h5-9,16-17H,2-4H2,1H3;1-5,10H,9H2;5H,2-4H2,1H3;1H4. The third-order valence-electron chi connectivity index (χ3n) is 6.94. The maximum atomic E-state index is 11.7. The molecule has 0 radical (unpaired) electrons. The van der Waals surface area contributed by atoms with Crippen LogP contribution < -0.4 is 11.1 Å². The zero-order chi connectivity index (χ0) is 26.4. The highest BCUT2D eigenvalue weighted by Gasteiger charge is 2.24. The summed E-state index contributed by atoms with van der Waals surface area (Å²) < 4.78 is 0. The first-order valence-electron chi connectivity index (χ1n) is 12.8. The molecule has 0 aliphatic heterocycles. The molecule has 0 atom stereocenters. The summed E-state index contributed by atoms with van der Waals surface area (Å²) in [6, 6.07) is 16.1. The molecule has 7 nitrogen and oxygen atoms in total. The van der Waals surface area contributed by atoms with Gasteiger partial charge >= 0.3 is 0 Å². The van der Waals surface area contributed by atoms with Crippen LogP contribution in [0.15, 0.2) is 72.2 Å². The normalized spacial score (nSPS) is 15.9. The van der Waals surface area contributed by atoms with Crippen molar-refractivity contribution in [3.05, 3.63) is 72.2 Å². The maximum Gasteiger partial charge on any atom is 0.160 e. The van der Waals surface area contributed by atoms with Crippen molar-refractivity contribution in [2.24, 2.45) is 5.92 Å². The summed E-state index contributed by atoms with van der Waals surface area (Å²) in [4.78, 5) is 39.5. The molecular formula is C31H38N4O3. The lowest BCUT2D eigenvalue weighted by molar-refractivity contribution is -0.134. The van der Waals surface area contributed by atoms with E-state index >= 15 is 0 Å². The number of fused-ring (bicyclic) bond motifs is 2. The lowest BCUT2D eigenvalue weighted by atomic mass is 9.88. The Morgan fingerprint density at radius 1 is 0.789 bits per heavy atom. The molecule has 2 aliphatic rings. The molecule has 0 amide bonds. The second-order valence-electron chi connectivity index (χ2n) is 9.62. The predicted octanol–water partition coefficient (Wildman–Crippen LogP) is 6.94. The van der Waals surface area contributed by atoms with E-state index in [1.807, 2.05) is 49.6 Å². The Kier molecular flexibility index (Phi) is 9.66. The smallest absolute Gasteiger partial charge is 0.160 e. The summed E-state index contributed by atoms with van der Waals surface area (Å²) in [6.07, 6.45) is 8.41. The van der Waals surface area contributed by atoms with Crippen LogP contribution >= 0.6 is 0 Å². The highest BCUT2D eigenvalue weighted by molar-refractivity contribution is 6.03. The molecule has 0 spiro atoms. The van der Waals surface area contributed by atoms with E-state index in [4.69, 9.17) is 5.73 Å². The van der Waals surface area contributed by atoms with Crippen molar-refractivity contribution in [1.29, 1.82) is 0 Å². The number of allylic oxidation sites excluding steroid dienone is 2. The number of H-pyrrole nitrogens is 2. The van der Waals surface area contributed by atoms with Crippen LogP contribution in [0.5, 0.6) is 0 Å². The van der Waals surface area contributed by atoms with E-state index in [1.54, 1.807) is 6.92 Å². The first-order valence-corrected chi connectivity index (χ1v) is 12.8. The lowest BCUT2D eigenvalue weighted by Gasteiger charge is -2.18. The van der Waals surface area contributed by atoms with Crippen molar-refractivity contribution in [3.63, 3.8) is 0 Å². The fourth-order valence-corrected chi connectivity index (χ4v) is 4.54.